The minimum Gasteiger partial charge on any atom is -0.473 e. The maximum atomic E-state index is 9.10. The van der Waals surface area contributed by atoms with E-state index in [2.05, 4.69) is 5.32 Å². The predicted molar refractivity (Wildman–Crippen MR) is 67.7 cm³/mol. The average molecular weight is 269 g/mol. The van der Waals surface area contributed by atoms with E-state index >= 15 is 0 Å². The van der Waals surface area contributed by atoms with Crippen LogP contribution in [0.25, 0.3) is 0 Å². The van der Waals surface area contributed by atoms with Crippen molar-refractivity contribution < 1.29 is 24.2 Å². The van der Waals surface area contributed by atoms with E-state index in [1.165, 1.54) is 32.1 Å². The molecule has 0 bridgehead atoms. The molecular weight excluding hydrogens is 250 g/mol. The number of nitrogens with one attached hydrogen (secondary N) is 1. The van der Waals surface area contributed by atoms with E-state index in [9.17, 15) is 0 Å². The Kier molecular flexibility index (Phi) is 6.67. The Morgan fingerprint density at radius 3 is 2.32 bits per heavy atom. The zero-order valence-electron chi connectivity index (χ0n) is 10.7. The fourth-order valence-corrected chi connectivity index (χ4v) is 1.96. The molecule has 1 aliphatic rings. The van der Waals surface area contributed by atoms with Crippen LogP contribution in [-0.4, -0.2) is 28.2 Å². The van der Waals surface area contributed by atoms with Gasteiger partial charge in [0.15, 0.2) is 0 Å². The van der Waals surface area contributed by atoms with Crippen molar-refractivity contribution in [2.75, 3.05) is 0 Å². The molecule has 0 amide bonds. The van der Waals surface area contributed by atoms with Crippen molar-refractivity contribution in [3.63, 3.8) is 0 Å². The van der Waals surface area contributed by atoms with Gasteiger partial charge < -0.3 is 19.9 Å². The molecule has 0 aromatic carbocycles. The van der Waals surface area contributed by atoms with Gasteiger partial charge in [-0.15, -0.1) is 0 Å². The summed E-state index contributed by atoms with van der Waals surface area (Å²) in [5.74, 6) is -2.60. The third-order valence-electron chi connectivity index (χ3n) is 2.93. The van der Waals surface area contributed by atoms with Crippen LogP contribution < -0.4 is 5.32 Å². The molecule has 2 rings (SSSR count). The van der Waals surface area contributed by atoms with Crippen LogP contribution in [0.5, 0.6) is 0 Å². The summed E-state index contributed by atoms with van der Waals surface area (Å²) in [5, 5.41) is 18.3. The van der Waals surface area contributed by atoms with Gasteiger partial charge in [0.2, 0.25) is 0 Å². The first-order valence-electron chi connectivity index (χ1n) is 6.31. The van der Waals surface area contributed by atoms with Crippen LogP contribution >= 0.6 is 0 Å². The zero-order chi connectivity index (χ0) is 14.1. The van der Waals surface area contributed by atoms with Gasteiger partial charge in [0, 0.05) is 6.04 Å². The number of rotatable bonds is 3. The lowest BCUT2D eigenvalue weighted by Crippen LogP contribution is -2.30. The van der Waals surface area contributed by atoms with Crippen LogP contribution in [-0.2, 0) is 16.1 Å². The maximum absolute atomic E-state index is 9.10. The predicted octanol–water partition coefficient (Wildman–Crippen LogP) is 1.86. The number of aliphatic carboxylic acids is 2. The van der Waals surface area contributed by atoms with E-state index in [4.69, 9.17) is 24.2 Å². The Bertz CT molecular complexity index is 370. The van der Waals surface area contributed by atoms with Crippen molar-refractivity contribution in [1.82, 2.24) is 5.32 Å². The standard InChI is InChI=1S/C11H17NO.C2H2O4/c1-2-5-10(6-3-1)12-9-11-7-4-8-13-11;3-1(4)2(5)6/h4,7-8,10,12H,1-3,5-6,9H2;(H,3,4)(H,5,6). The molecule has 3 N–H and O–H groups in total. The van der Waals surface area contributed by atoms with E-state index in [1.54, 1.807) is 6.26 Å². The molecule has 1 heterocycles. The quantitative estimate of drug-likeness (QED) is 0.724. The Balaban J connectivity index is 0.000000258. The van der Waals surface area contributed by atoms with Crippen molar-refractivity contribution in [2.45, 2.75) is 44.7 Å². The van der Waals surface area contributed by atoms with Gasteiger partial charge >= 0.3 is 11.9 Å². The van der Waals surface area contributed by atoms with Crippen LogP contribution in [0.15, 0.2) is 22.8 Å². The molecule has 19 heavy (non-hydrogen) atoms. The van der Waals surface area contributed by atoms with Crippen LogP contribution in [0, 0.1) is 0 Å². The minimum atomic E-state index is -1.82. The second-order valence-corrected chi connectivity index (χ2v) is 4.41. The maximum Gasteiger partial charge on any atom is 0.414 e. The molecule has 1 fully saturated rings. The van der Waals surface area contributed by atoms with Gasteiger partial charge in [0.05, 0.1) is 12.8 Å². The molecule has 1 aromatic heterocycles. The molecule has 0 atom stereocenters. The first-order chi connectivity index (χ1) is 9.09. The van der Waals surface area contributed by atoms with E-state index < -0.39 is 11.9 Å². The summed E-state index contributed by atoms with van der Waals surface area (Å²) in [7, 11) is 0. The molecule has 6 heteroatoms. The number of hydrogen-bond donors (Lipinski definition) is 3. The van der Waals surface area contributed by atoms with Gasteiger partial charge in [-0.05, 0) is 25.0 Å². The number of carboxylic acid groups (broad SMARTS) is 2. The minimum absolute atomic E-state index is 0.721. The lowest BCUT2D eigenvalue weighted by atomic mass is 9.95. The Labute approximate surface area is 111 Å². The molecule has 1 saturated carbocycles. The SMILES string of the molecule is O=C(O)C(=O)O.c1coc(CNC2CCCCC2)c1. The number of carboxylic acids is 2. The molecule has 0 radical (unpaired) electrons. The highest BCUT2D eigenvalue weighted by Crippen LogP contribution is 2.17. The largest absolute Gasteiger partial charge is 0.473 e. The lowest BCUT2D eigenvalue weighted by molar-refractivity contribution is -0.159. The Hall–Kier alpha value is -1.82. The monoisotopic (exact) mass is 269 g/mol. The van der Waals surface area contributed by atoms with Gasteiger partial charge in [-0.2, -0.15) is 0 Å². The molecule has 0 spiro atoms. The molecule has 1 aromatic rings. The fraction of sp³-hybridized carbons (Fsp3) is 0.538. The smallest absolute Gasteiger partial charge is 0.414 e. The normalized spacial score (nSPS) is 15.4. The highest BCUT2D eigenvalue weighted by molar-refractivity contribution is 6.27. The molecular formula is C13H19NO5. The van der Waals surface area contributed by atoms with Crippen molar-refractivity contribution in [2.24, 2.45) is 0 Å². The summed E-state index contributed by atoms with van der Waals surface area (Å²) in [5.41, 5.74) is 0. The molecule has 1 aliphatic carbocycles. The second kappa shape index (κ2) is 8.31. The van der Waals surface area contributed by atoms with Crippen molar-refractivity contribution in [1.29, 1.82) is 0 Å². The van der Waals surface area contributed by atoms with Gasteiger partial charge in [0.25, 0.3) is 0 Å². The lowest BCUT2D eigenvalue weighted by Gasteiger charge is -2.22. The van der Waals surface area contributed by atoms with Crippen LogP contribution in [0.1, 0.15) is 37.9 Å². The third-order valence-corrected chi connectivity index (χ3v) is 2.93. The number of hydrogen-bond acceptors (Lipinski definition) is 4. The summed E-state index contributed by atoms with van der Waals surface area (Å²) in [4.78, 5) is 18.2. The summed E-state index contributed by atoms with van der Waals surface area (Å²) < 4.78 is 5.26. The highest BCUT2D eigenvalue weighted by Gasteiger charge is 2.12. The summed E-state index contributed by atoms with van der Waals surface area (Å²) in [6.45, 7) is 0.887. The first-order valence-corrected chi connectivity index (χ1v) is 6.31. The topological polar surface area (TPSA) is 99.8 Å². The molecule has 0 aliphatic heterocycles. The van der Waals surface area contributed by atoms with Crippen molar-refractivity contribution >= 4 is 11.9 Å². The third kappa shape index (κ3) is 6.61. The molecule has 0 unspecified atom stereocenters. The van der Waals surface area contributed by atoms with Crippen molar-refractivity contribution in [3.05, 3.63) is 24.2 Å². The fourth-order valence-electron chi connectivity index (χ4n) is 1.96. The highest BCUT2D eigenvalue weighted by atomic mass is 16.4. The molecule has 106 valence electrons. The van der Waals surface area contributed by atoms with E-state index in [-0.39, 0.29) is 0 Å². The molecule has 6 nitrogen and oxygen atoms in total. The van der Waals surface area contributed by atoms with Gasteiger partial charge in [0.1, 0.15) is 5.76 Å². The number of carbonyl (C=O) groups is 2. The van der Waals surface area contributed by atoms with E-state index in [0.717, 1.165) is 18.3 Å². The van der Waals surface area contributed by atoms with Gasteiger partial charge in [-0.3, -0.25) is 0 Å². The van der Waals surface area contributed by atoms with Gasteiger partial charge in [-0.1, -0.05) is 19.3 Å². The average Bonchev–Trinajstić information content (AvgIpc) is 2.91. The van der Waals surface area contributed by atoms with Crippen LogP contribution in [0.3, 0.4) is 0 Å². The van der Waals surface area contributed by atoms with Crippen molar-refractivity contribution in [3.8, 4) is 0 Å². The molecule has 0 saturated heterocycles. The zero-order valence-corrected chi connectivity index (χ0v) is 10.7. The van der Waals surface area contributed by atoms with Crippen LogP contribution in [0.2, 0.25) is 0 Å². The Morgan fingerprint density at radius 1 is 1.21 bits per heavy atom. The summed E-state index contributed by atoms with van der Waals surface area (Å²) >= 11 is 0. The number of furan rings is 1. The summed E-state index contributed by atoms with van der Waals surface area (Å²) in [6, 6.07) is 4.69. The first kappa shape index (κ1) is 15.2. The summed E-state index contributed by atoms with van der Waals surface area (Å²) in [6.07, 6.45) is 8.59. The van der Waals surface area contributed by atoms with E-state index in [1.807, 2.05) is 12.1 Å². The Morgan fingerprint density at radius 2 is 1.84 bits per heavy atom. The van der Waals surface area contributed by atoms with Gasteiger partial charge in [-0.25, -0.2) is 9.59 Å². The van der Waals surface area contributed by atoms with E-state index in [0.29, 0.717) is 0 Å². The second-order valence-electron chi connectivity index (χ2n) is 4.41. The van der Waals surface area contributed by atoms with Crippen LogP contribution in [0.4, 0.5) is 0 Å².